The monoisotopic (exact) mass is 384 g/mol. The zero-order valence-electron chi connectivity index (χ0n) is 15.1. The maximum atomic E-state index is 12.2. The molecule has 0 radical (unpaired) electrons. The molecule has 1 aromatic rings. The van der Waals surface area contributed by atoms with E-state index in [1.54, 1.807) is 0 Å². The molecular formula is C17H24N2O6S. The van der Waals surface area contributed by atoms with Crippen molar-refractivity contribution < 1.29 is 27.6 Å². The quantitative estimate of drug-likeness (QED) is 0.564. The van der Waals surface area contributed by atoms with Gasteiger partial charge in [-0.2, -0.15) is 0 Å². The second-order valence-corrected chi connectivity index (χ2v) is 8.09. The Balaban J connectivity index is 1.97. The molecule has 0 heterocycles. The third-order valence-corrected chi connectivity index (χ3v) is 6.03. The Labute approximate surface area is 153 Å². The van der Waals surface area contributed by atoms with E-state index in [0.29, 0.717) is 0 Å². The Bertz CT molecular complexity index is 741. The minimum atomic E-state index is -3.79. The molecular weight excluding hydrogens is 360 g/mol. The van der Waals surface area contributed by atoms with E-state index in [-0.39, 0.29) is 22.4 Å². The first-order valence-corrected chi connectivity index (χ1v) is 9.84. The molecule has 0 spiro atoms. The van der Waals surface area contributed by atoms with Gasteiger partial charge in [0.2, 0.25) is 0 Å². The molecule has 26 heavy (non-hydrogen) atoms. The molecule has 9 heteroatoms. The number of sulfonamides is 1. The summed E-state index contributed by atoms with van der Waals surface area (Å²) in [6.45, 7) is 1.51. The number of rotatable bonds is 7. The Morgan fingerprint density at radius 3 is 2.31 bits per heavy atom. The number of amides is 1. The smallest absolute Gasteiger partial charge is 0.338 e. The van der Waals surface area contributed by atoms with Crippen molar-refractivity contribution in [3.8, 4) is 0 Å². The fourth-order valence-electron chi connectivity index (χ4n) is 2.68. The summed E-state index contributed by atoms with van der Waals surface area (Å²) >= 11 is 0. The highest BCUT2D eigenvalue weighted by atomic mass is 32.2. The first kappa shape index (κ1) is 20.3. The highest BCUT2D eigenvalue weighted by Crippen LogP contribution is 2.18. The third kappa shape index (κ3) is 4.80. The predicted octanol–water partition coefficient (Wildman–Crippen LogP) is 1.47. The molecule has 8 nitrogen and oxygen atoms in total. The fraction of sp³-hybridized carbons (Fsp3) is 0.529. The van der Waals surface area contributed by atoms with E-state index in [1.807, 2.05) is 0 Å². The van der Waals surface area contributed by atoms with Gasteiger partial charge in [0.1, 0.15) is 0 Å². The molecule has 0 unspecified atom stereocenters. The average Bonchev–Trinajstić information content (AvgIpc) is 3.13. The van der Waals surface area contributed by atoms with Crippen molar-refractivity contribution >= 4 is 21.9 Å². The fourth-order valence-corrected chi connectivity index (χ4v) is 3.65. The minimum absolute atomic E-state index is 0.0228. The zero-order valence-corrected chi connectivity index (χ0v) is 15.9. The summed E-state index contributed by atoms with van der Waals surface area (Å²) in [4.78, 5) is 28.9. The molecule has 1 saturated carbocycles. The van der Waals surface area contributed by atoms with Gasteiger partial charge in [-0.15, -0.1) is 0 Å². The van der Waals surface area contributed by atoms with Crippen LogP contribution in [0, 0.1) is 0 Å². The van der Waals surface area contributed by atoms with E-state index in [4.69, 9.17) is 4.74 Å². The number of ether oxygens (including phenoxy) is 1. The van der Waals surface area contributed by atoms with Crippen molar-refractivity contribution in [3.05, 3.63) is 29.8 Å². The first-order valence-electron chi connectivity index (χ1n) is 8.40. The number of hydrogen-bond donors (Lipinski definition) is 1. The molecule has 0 saturated heterocycles. The predicted molar refractivity (Wildman–Crippen MR) is 93.7 cm³/mol. The van der Waals surface area contributed by atoms with Gasteiger partial charge < -0.3 is 10.1 Å². The maximum Gasteiger partial charge on any atom is 0.338 e. The van der Waals surface area contributed by atoms with Crippen LogP contribution >= 0.6 is 0 Å². The van der Waals surface area contributed by atoms with Crippen LogP contribution in [0.15, 0.2) is 29.2 Å². The second kappa shape index (κ2) is 8.61. The summed E-state index contributed by atoms with van der Waals surface area (Å²) < 4.78 is 30.1. The lowest BCUT2D eigenvalue weighted by atomic mass is 10.2. The minimum Gasteiger partial charge on any atom is -0.449 e. The van der Waals surface area contributed by atoms with Gasteiger partial charge in [-0.1, -0.05) is 17.3 Å². The number of hydrogen-bond acceptors (Lipinski definition) is 6. The van der Waals surface area contributed by atoms with Gasteiger partial charge in [-0.3, -0.25) is 9.63 Å². The lowest BCUT2D eigenvalue weighted by Gasteiger charge is -2.17. The summed E-state index contributed by atoms with van der Waals surface area (Å²) in [7, 11) is -1.28. The number of hydroxylamine groups is 1. The molecule has 1 aliphatic rings. The number of esters is 1. The lowest BCUT2D eigenvalue weighted by molar-refractivity contribution is -0.129. The topological polar surface area (TPSA) is 102 Å². The van der Waals surface area contributed by atoms with Gasteiger partial charge in [0.15, 0.2) is 6.10 Å². The van der Waals surface area contributed by atoms with Crippen LogP contribution < -0.4 is 5.32 Å². The van der Waals surface area contributed by atoms with Crippen LogP contribution in [-0.4, -0.2) is 51.1 Å². The average molecular weight is 384 g/mol. The summed E-state index contributed by atoms with van der Waals surface area (Å²) in [6, 6.07) is 5.38. The Morgan fingerprint density at radius 2 is 1.77 bits per heavy atom. The number of carbonyl (C=O) groups is 2. The van der Waals surface area contributed by atoms with Gasteiger partial charge in [0.25, 0.3) is 15.9 Å². The van der Waals surface area contributed by atoms with Crippen molar-refractivity contribution in [2.24, 2.45) is 0 Å². The first-order chi connectivity index (χ1) is 12.3. The standard InChI is InChI=1S/C17H24N2O6S/c1-12(16(20)18-14-6-4-5-7-14)25-17(21)13-8-10-15(11-9-13)26(22,23)19(2)24-3/h8-12,14H,4-7H2,1-3H3,(H,18,20)/t12-/m0/s1. The van der Waals surface area contributed by atoms with E-state index in [0.717, 1.165) is 30.2 Å². The van der Waals surface area contributed by atoms with Crippen molar-refractivity contribution in [2.75, 3.05) is 14.2 Å². The van der Waals surface area contributed by atoms with Crippen LogP contribution in [0.3, 0.4) is 0 Å². The van der Waals surface area contributed by atoms with Gasteiger partial charge in [0, 0.05) is 13.1 Å². The molecule has 1 amide bonds. The van der Waals surface area contributed by atoms with Crippen LogP contribution in [0.1, 0.15) is 43.0 Å². The molecule has 1 fully saturated rings. The van der Waals surface area contributed by atoms with Gasteiger partial charge >= 0.3 is 5.97 Å². The van der Waals surface area contributed by atoms with Crippen LogP contribution in [0.2, 0.25) is 0 Å². The third-order valence-electron chi connectivity index (χ3n) is 4.34. The SMILES string of the molecule is CON(C)S(=O)(=O)c1ccc(C(=O)O[C@@H](C)C(=O)NC2CCCC2)cc1. The summed E-state index contributed by atoms with van der Waals surface area (Å²) in [5.41, 5.74) is 0.157. The van der Waals surface area contributed by atoms with E-state index >= 15 is 0 Å². The maximum absolute atomic E-state index is 12.2. The molecule has 1 atom stereocenters. The summed E-state index contributed by atoms with van der Waals surface area (Å²) in [6.07, 6.45) is 3.14. The highest BCUT2D eigenvalue weighted by Gasteiger charge is 2.24. The number of benzene rings is 1. The van der Waals surface area contributed by atoms with Crippen LogP contribution in [0.25, 0.3) is 0 Å². The largest absolute Gasteiger partial charge is 0.449 e. The van der Waals surface area contributed by atoms with Gasteiger partial charge in [0.05, 0.1) is 17.6 Å². The highest BCUT2D eigenvalue weighted by molar-refractivity contribution is 7.89. The van der Waals surface area contributed by atoms with Crippen LogP contribution in [0.5, 0.6) is 0 Å². The molecule has 2 rings (SSSR count). The molecule has 1 aromatic carbocycles. The summed E-state index contributed by atoms with van der Waals surface area (Å²) in [5, 5.41) is 2.87. The molecule has 0 bridgehead atoms. The Hall–Kier alpha value is -1.97. The Kier molecular flexibility index (Phi) is 6.74. The van der Waals surface area contributed by atoms with Crippen molar-refractivity contribution in [1.82, 2.24) is 9.79 Å². The molecule has 144 valence electrons. The van der Waals surface area contributed by atoms with E-state index in [2.05, 4.69) is 10.2 Å². The lowest BCUT2D eigenvalue weighted by Crippen LogP contribution is -2.40. The van der Waals surface area contributed by atoms with Gasteiger partial charge in [-0.05, 0) is 44.0 Å². The number of carbonyl (C=O) groups excluding carboxylic acids is 2. The van der Waals surface area contributed by atoms with Gasteiger partial charge in [-0.25, -0.2) is 13.2 Å². The molecule has 0 aliphatic heterocycles. The van der Waals surface area contributed by atoms with E-state index < -0.39 is 22.1 Å². The molecule has 0 aromatic heterocycles. The number of nitrogens with zero attached hydrogens (tertiary/aromatic N) is 1. The van der Waals surface area contributed by atoms with Crippen molar-refractivity contribution in [1.29, 1.82) is 0 Å². The Morgan fingerprint density at radius 1 is 1.19 bits per heavy atom. The number of nitrogens with one attached hydrogen (secondary N) is 1. The molecule has 1 aliphatic carbocycles. The van der Waals surface area contributed by atoms with Crippen LogP contribution in [0.4, 0.5) is 0 Å². The second-order valence-electron chi connectivity index (χ2n) is 6.16. The normalized spacial score (nSPS) is 16.5. The van der Waals surface area contributed by atoms with Crippen LogP contribution in [-0.2, 0) is 24.4 Å². The molecule has 1 N–H and O–H groups in total. The van der Waals surface area contributed by atoms with Crippen molar-refractivity contribution in [2.45, 2.75) is 49.6 Å². The van der Waals surface area contributed by atoms with E-state index in [1.165, 1.54) is 45.3 Å². The summed E-state index contributed by atoms with van der Waals surface area (Å²) in [5.74, 6) is -1.02. The zero-order chi connectivity index (χ0) is 19.3. The van der Waals surface area contributed by atoms with Crippen molar-refractivity contribution in [3.63, 3.8) is 0 Å². The van der Waals surface area contributed by atoms with E-state index in [9.17, 15) is 18.0 Å².